The van der Waals surface area contributed by atoms with Crippen LogP contribution in [0.3, 0.4) is 0 Å². The molecule has 0 saturated heterocycles. The number of aliphatic hydroxyl groups is 4. The van der Waals surface area contributed by atoms with Crippen LogP contribution in [0.25, 0.3) is 0 Å². The number of hydrogen-bond donors (Lipinski definition) is 4. The van der Waals surface area contributed by atoms with Gasteiger partial charge in [-0.25, -0.2) is 0 Å². The highest BCUT2D eigenvalue weighted by molar-refractivity contribution is 4.67. The van der Waals surface area contributed by atoms with Crippen LogP contribution in [0, 0.1) is 0 Å². The quantitative estimate of drug-likeness (QED) is 0.339. The Morgan fingerprint density at radius 3 is 2.10 bits per heavy atom. The fourth-order valence-corrected chi connectivity index (χ4v) is 0.437. The van der Waals surface area contributed by atoms with Crippen molar-refractivity contribution in [2.24, 2.45) is 0 Å². The minimum absolute atomic E-state index is 0.610. The van der Waals surface area contributed by atoms with Gasteiger partial charge in [-0.15, -0.1) is 0 Å². The summed E-state index contributed by atoms with van der Waals surface area (Å²) in [7, 11) is 1.18. The van der Waals surface area contributed by atoms with Crippen LogP contribution in [0.2, 0.25) is 0 Å². The van der Waals surface area contributed by atoms with E-state index in [-0.39, 0.29) is 0 Å². The summed E-state index contributed by atoms with van der Waals surface area (Å²) in [5.74, 6) is 0. The van der Waals surface area contributed by atoms with Crippen molar-refractivity contribution in [1.29, 1.82) is 0 Å². The SMILES string of the molecule is CO[C@@H](O)[C@H](O)[C@H](O)CO. The highest BCUT2D eigenvalue weighted by atomic mass is 16.6. The van der Waals surface area contributed by atoms with E-state index < -0.39 is 25.1 Å². The van der Waals surface area contributed by atoms with Gasteiger partial charge in [-0.1, -0.05) is 0 Å². The average Bonchev–Trinajstić information content (AvgIpc) is 2.00. The molecule has 4 N–H and O–H groups in total. The van der Waals surface area contributed by atoms with Crippen LogP contribution in [0.1, 0.15) is 0 Å². The maximum absolute atomic E-state index is 8.80. The maximum Gasteiger partial charge on any atom is 0.183 e. The zero-order valence-corrected chi connectivity index (χ0v) is 5.64. The molecule has 0 aromatic carbocycles. The minimum atomic E-state index is -1.46. The summed E-state index contributed by atoms with van der Waals surface area (Å²) in [4.78, 5) is 0. The van der Waals surface area contributed by atoms with Gasteiger partial charge in [-0.2, -0.15) is 0 Å². The van der Waals surface area contributed by atoms with Crippen molar-refractivity contribution < 1.29 is 25.2 Å². The van der Waals surface area contributed by atoms with Crippen LogP contribution >= 0.6 is 0 Å². The van der Waals surface area contributed by atoms with Crippen molar-refractivity contribution in [3.05, 3.63) is 0 Å². The van der Waals surface area contributed by atoms with Crippen molar-refractivity contribution in [2.45, 2.75) is 18.5 Å². The molecule has 5 heteroatoms. The molecule has 0 aromatic rings. The third-order valence-electron chi connectivity index (χ3n) is 1.11. The molecule has 5 nitrogen and oxygen atoms in total. The Hall–Kier alpha value is -0.200. The van der Waals surface area contributed by atoms with Gasteiger partial charge >= 0.3 is 0 Å². The predicted molar refractivity (Wildman–Crippen MR) is 32.1 cm³/mol. The number of aliphatic hydroxyl groups excluding tert-OH is 4. The zero-order chi connectivity index (χ0) is 8.15. The molecule has 0 unspecified atom stereocenters. The topological polar surface area (TPSA) is 90.2 Å². The van der Waals surface area contributed by atoms with Crippen LogP contribution in [-0.2, 0) is 4.74 Å². The molecule has 0 heterocycles. The van der Waals surface area contributed by atoms with Crippen LogP contribution < -0.4 is 0 Å². The first-order valence-corrected chi connectivity index (χ1v) is 2.81. The van der Waals surface area contributed by atoms with E-state index in [4.69, 9.17) is 20.4 Å². The van der Waals surface area contributed by atoms with E-state index in [0.717, 1.165) is 0 Å². The number of hydrogen-bond acceptors (Lipinski definition) is 5. The van der Waals surface area contributed by atoms with E-state index in [9.17, 15) is 0 Å². The second-order valence-corrected chi connectivity index (χ2v) is 1.87. The molecule has 0 radical (unpaired) electrons. The van der Waals surface area contributed by atoms with Crippen molar-refractivity contribution in [2.75, 3.05) is 13.7 Å². The molecule has 0 saturated carbocycles. The monoisotopic (exact) mass is 152 g/mol. The normalized spacial score (nSPS) is 20.1. The summed E-state index contributed by atoms with van der Waals surface area (Å²) in [6, 6.07) is 0. The summed E-state index contributed by atoms with van der Waals surface area (Å²) >= 11 is 0. The van der Waals surface area contributed by atoms with Gasteiger partial charge in [0.25, 0.3) is 0 Å². The van der Waals surface area contributed by atoms with Crippen molar-refractivity contribution in [3.8, 4) is 0 Å². The van der Waals surface area contributed by atoms with Crippen LogP contribution in [-0.4, -0.2) is 52.6 Å². The molecule has 0 aliphatic heterocycles. The number of methoxy groups -OCH3 is 1. The van der Waals surface area contributed by atoms with Gasteiger partial charge in [-0.05, 0) is 0 Å². The largest absolute Gasteiger partial charge is 0.394 e. The molecular formula is C5H12O5. The average molecular weight is 152 g/mol. The van der Waals surface area contributed by atoms with Crippen molar-refractivity contribution in [1.82, 2.24) is 0 Å². The first-order valence-electron chi connectivity index (χ1n) is 2.81. The first kappa shape index (κ1) is 9.80. The predicted octanol–water partition coefficient (Wildman–Crippen LogP) is -2.33. The Kier molecular flexibility index (Phi) is 4.50. The molecule has 0 rings (SSSR count). The van der Waals surface area contributed by atoms with E-state index in [1.807, 2.05) is 0 Å². The smallest absolute Gasteiger partial charge is 0.183 e. The third kappa shape index (κ3) is 2.59. The zero-order valence-electron chi connectivity index (χ0n) is 5.64. The lowest BCUT2D eigenvalue weighted by molar-refractivity contribution is -0.179. The molecule has 0 amide bonds. The van der Waals surface area contributed by atoms with Crippen LogP contribution in [0.15, 0.2) is 0 Å². The standard InChI is InChI=1S/C5H12O5/c1-10-5(9)4(8)3(7)2-6/h3-9H,2H2,1H3/t3-,4-,5-/m1/s1. The Bertz CT molecular complexity index is 76.1. The molecule has 0 bridgehead atoms. The van der Waals surface area contributed by atoms with Gasteiger partial charge in [0.2, 0.25) is 0 Å². The molecule has 0 aliphatic carbocycles. The summed E-state index contributed by atoms with van der Waals surface area (Å²) in [6.45, 7) is -0.610. The van der Waals surface area contributed by atoms with E-state index in [1.54, 1.807) is 0 Å². The van der Waals surface area contributed by atoms with E-state index in [2.05, 4.69) is 4.74 Å². The Balaban J connectivity index is 3.69. The van der Waals surface area contributed by atoms with Crippen molar-refractivity contribution >= 4 is 0 Å². The number of rotatable bonds is 4. The fourth-order valence-electron chi connectivity index (χ4n) is 0.437. The molecule has 0 fully saturated rings. The van der Waals surface area contributed by atoms with Gasteiger partial charge in [0.05, 0.1) is 6.61 Å². The van der Waals surface area contributed by atoms with Gasteiger partial charge in [-0.3, -0.25) is 0 Å². The highest BCUT2D eigenvalue weighted by Gasteiger charge is 2.23. The Labute approximate surface area is 58.5 Å². The molecule has 0 aromatic heterocycles. The lowest BCUT2D eigenvalue weighted by Crippen LogP contribution is -2.40. The van der Waals surface area contributed by atoms with Crippen LogP contribution in [0.5, 0.6) is 0 Å². The third-order valence-corrected chi connectivity index (χ3v) is 1.11. The summed E-state index contributed by atoms with van der Waals surface area (Å²) < 4.78 is 4.27. The summed E-state index contributed by atoms with van der Waals surface area (Å²) in [6.07, 6.45) is -4.29. The Morgan fingerprint density at radius 2 is 1.80 bits per heavy atom. The summed E-state index contributed by atoms with van der Waals surface area (Å²) in [5, 5.41) is 34.4. The molecule has 10 heavy (non-hydrogen) atoms. The lowest BCUT2D eigenvalue weighted by atomic mass is 10.2. The Morgan fingerprint density at radius 1 is 1.30 bits per heavy atom. The second kappa shape index (κ2) is 4.59. The van der Waals surface area contributed by atoms with Gasteiger partial charge in [0, 0.05) is 7.11 Å². The minimum Gasteiger partial charge on any atom is -0.394 e. The van der Waals surface area contributed by atoms with Gasteiger partial charge in [0.15, 0.2) is 6.29 Å². The fraction of sp³-hybridized carbons (Fsp3) is 1.00. The first-order chi connectivity index (χ1) is 4.63. The van der Waals surface area contributed by atoms with Crippen LogP contribution in [0.4, 0.5) is 0 Å². The lowest BCUT2D eigenvalue weighted by Gasteiger charge is -2.19. The van der Waals surface area contributed by atoms with E-state index in [0.29, 0.717) is 0 Å². The second-order valence-electron chi connectivity index (χ2n) is 1.87. The summed E-state index contributed by atoms with van der Waals surface area (Å²) in [5.41, 5.74) is 0. The van der Waals surface area contributed by atoms with E-state index >= 15 is 0 Å². The molecule has 3 atom stereocenters. The molecule has 0 aliphatic rings. The maximum atomic E-state index is 8.80. The van der Waals surface area contributed by atoms with Crippen molar-refractivity contribution in [3.63, 3.8) is 0 Å². The van der Waals surface area contributed by atoms with E-state index in [1.165, 1.54) is 7.11 Å². The van der Waals surface area contributed by atoms with Gasteiger partial charge < -0.3 is 25.2 Å². The van der Waals surface area contributed by atoms with Gasteiger partial charge in [0.1, 0.15) is 12.2 Å². The molecule has 62 valence electrons. The molecular weight excluding hydrogens is 140 g/mol. The highest BCUT2D eigenvalue weighted by Crippen LogP contribution is 1.99. The number of ether oxygens (including phenoxy) is 1. The molecule has 0 spiro atoms.